The molecule has 0 atom stereocenters. The van der Waals surface area contributed by atoms with Crippen LogP contribution in [0.5, 0.6) is 11.5 Å². The van der Waals surface area contributed by atoms with Crippen molar-refractivity contribution < 1.29 is 14.2 Å². The maximum Gasteiger partial charge on any atom is 0.166 e. The molecule has 0 fully saturated rings. The first-order chi connectivity index (χ1) is 10.2. The van der Waals surface area contributed by atoms with E-state index in [1.165, 1.54) is 5.56 Å². The van der Waals surface area contributed by atoms with Crippen molar-refractivity contribution in [3.8, 4) is 11.5 Å². The molecule has 21 heavy (non-hydrogen) atoms. The second-order valence-corrected chi connectivity index (χ2v) is 4.88. The zero-order chi connectivity index (χ0) is 15.5. The van der Waals surface area contributed by atoms with Crippen molar-refractivity contribution in [1.82, 2.24) is 10.6 Å². The highest BCUT2D eigenvalue weighted by Crippen LogP contribution is 2.27. The van der Waals surface area contributed by atoms with Gasteiger partial charge in [0.05, 0.1) is 14.2 Å². The van der Waals surface area contributed by atoms with Crippen LogP contribution < -0.4 is 20.1 Å². The molecule has 6 heteroatoms. The Morgan fingerprint density at radius 3 is 2.43 bits per heavy atom. The molecule has 0 saturated carbocycles. The molecule has 0 aliphatic heterocycles. The maximum atomic E-state index is 5.29. The Labute approximate surface area is 132 Å². The lowest BCUT2D eigenvalue weighted by Gasteiger charge is -2.12. The standard InChI is InChI=1S/C15H24N2O3S/c1-18-10-4-8-16-15(21)17-9-7-12-5-6-13(19-2)14(11-12)20-3/h5-6,11H,4,7-10H2,1-3H3,(H2,16,17,21). The molecule has 0 radical (unpaired) electrons. The third-order valence-corrected chi connectivity index (χ3v) is 3.25. The van der Waals surface area contributed by atoms with Crippen molar-refractivity contribution in [3.63, 3.8) is 0 Å². The molecule has 1 rings (SSSR count). The van der Waals surface area contributed by atoms with Gasteiger partial charge in [-0.1, -0.05) is 6.07 Å². The van der Waals surface area contributed by atoms with Gasteiger partial charge in [-0.3, -0.25) is 0 Å². The van der Waals surface area contributed by atoms with Gasteiger partial charge in [-0.15, -0.1) is 0 Å². The fraction of sp³-hybridized carbons (Fsp3) is 0.533. The molecule has 5 nitrogen and oxygen atoms in total. The second-order valence-electron chi connectivity index (χ2n) is 4.47. The summed E-state index contributed by atoms with van der Waals surface area (Å²) in [4.78, 5) is 0. The average Bonchev–Trinajstić information content (AvgIpc) is 2.51. The first kappa shape index (κ1) is 17.5. The summed E-state index contributed by atoms with van der Waals surface area (Å²) in [5.41, 5.74) is 1.17. The van der Waals surface area contributed by atoms with Gasteiger partial charge in [0, 0.05) is 26.8 Å². The molecule has 0 aliphatic carbocycles. The number of nitrogens with one attached hydrogen (secondary N) is 2. The molecule has 0 unspecified atom stereocenters. The molecule has 1 aromatic carbocycles. The van der Waals surface area contributed by atoms with Gasteiger partial charge in [0.1, 0.15) is 0 Å². The lowest BCUT2D eigenvalue weighted by atomic mass is 10.1. The first-order valence-electron chi connectivity index (χ1n) is 6.92. The predicted molar refractivity (Wildman–Crippen MR) is 88.3 cm³/mol. The number of hydrogen-bond donors (Lipinski definition) is 2. The molecule has 0 saturated heterocycles. The fourth-order valence-corrected chi connectivity index (χ4v) is 2.04. The third kappa shape index (κ3) is 6.64. The van der Waals surface area contributed by atoms with Crippen LogP contribution in [0.15, 0.2) is 18.2 Å². The van der Waals surface area contributed by atoms with Crippen LogP contribution in [0.3, 0.4) is 0 Å². The Kier molecular flexibility index (Phi) is 8.54. The van der Waals surface area contributed by atoms with Gasteiger partial charge in [0.25, 0.3) is 0 Å². The van der Waals surface area contributed by atoms with Crippen LogP contribution in [0, 0.1) is 0 Å². The van der Waals surface area contributed by atoms with Crippen LogP contribution >= 0.6 is 12.2 Å². The van der Waals surface area contributed by atoms with Crippen LogP contribution in [0.2, 0.25) is 0 Å². The van der Waals surface area contributed by atoms with Crippen LogP contribution in [0.25, 0.3) is 0 Å². The Morgan fingerprint density at radius 2 is 1.76 bits per heavy atom. The summed E-state index contributed by atoms with van der Waals surface area (Å²) in [6.45, 7) is 2.32. The highest BCUT2D eigenvalue weighted by molar-refractivity contribution is 7.80. The number of rotatable bonds is 9. The van der Waals surface area contributed by atoms with Crippen molar-refractivity contribution in [3.05, 3.63) is 23.8 Å². The minimum atomic E-state index is 0.673. The molecule has 2 N–H and O–H groups in total. The smallest absolute Gasteiger partial charge is 0.166 e. The van der Waals surface area contributed by atoms with Crippen LogP contribution in [0.4, 0.5) is 0 Å². The summed E-state index contributed by atoms with van der Waals surface area (Å²) in [5, 5.41) is 6.99. The summed E-state index contributed by atoms with van der Waals surface area (Å²) in [6, 6.07) is 5.92. The van der Waals surface area contributed by atoms with E-state index in [0.717, 1.165) is 44.0 Å². The normalized spacial score (nSPS) is 10.0. The van der Waals surface area contributed by atoms with E-state index >= 15 is 0 Å². The molecular weight excluding hydrogens is 288 g/mol. The van der Waals surface area contributed by atoms with Gasteiger partial charge in [-0.25, -0.2) is 0 Å². The molecule has 1 aromatic rings. The third-order valence-electron chi connectivity index (χ3n) is 2.96. The number of benzene rings is 1. The molecular formula is C15H24N2O3S. The Hall–Kier alpha value is -1.53. The lowest BCUT2D eigenvalue weighted by Crippen LogP contribution is -2.37. The van der Waals surface area contributed by atoms with Crippen molar-refractivity contribution in [2.75, 3.05) is 41.0 Å². The van der Waals surface area contributed by atoms with Gasteiger partial charge >= 0.3 is 0 Å². The Balaban J connectivity index is 2.30. The lowest BCUT2D eigenvalue weighted by molar-refractivity contribution is 0.195. The summed E-state index contributed by atoms with van der Waals surface area (Å²) >= 11 is 5.20. The van der Waals surface area contributed by atoms with E-state index in [2.05, 4.69) is 10.6 Å². The maximum absolute atomic E-state index is 5.29. The second kappa shape index (κ2) is 10.2. The van der Waals surface area contributed by atoms with Gasteiger partial charge in [-0.2, -0.15) is 0 Å². The van der Waals surface area contributed by atoms with Crippen molar-refractivity contribution in [1.29, 1.82) is 0 Å². The predicted octanol–water partition coefficient (Wildman–Crippen LogP) is 1.75. The SMILES string of the molecule is COCCCNC(=S)NCCc1ccc(OC)c(OC)c1. The monoisotopic (exact) mass is 312 g/mol. The number of ether oxygens (including phenoxy) is 3. The number of thiocarbonyl (C=S) groups is 1. The minimum absolute atomic E-state index is 0.673. The largest absolute Gasteiger partial charge is 0.493 e. The van der Waals surface area contributed by atoms with E-state index in [4.69, 9.17) is 26.4 Å². The topological polar surface area (TPSA) is 51.8 Å². The van der Waals surface area contributed by atoms with E-state index in [1.54, 1.807) is 21.3 Å². The highest BCUT2D eigenvalue weighted by Gasteiger charge is 2.04. The van der Waals surface area contributed by atoms with E-state index < -0.39 is 0 Å². The molecule has 0 aliphatic rings. The van der Waals surface area contributed by atoms with Gasteiger partial charge in [0.15, 0.2) is 16.6 Å². The van der Waals surface area contributed by atoms with Crippen molar-refractivity contribution in [2.24, 2.45) is 0 Å². The van der Waals surface area contributed by atoms with E-state index in [-0.39, 0.29) is 0 Å². The van der Waals surface area contributed by atoms with Gasteiger partial charge in [0.2, 0.25) is 0 Å². The van der Waals surface area contributed by atoms with E-state index in [9.17, 15) is 0 Å². The fourth-order valence-electron chi connectivity index (χ4n) is 1.84. The highest BCUT2D eigenvalue weighted by atomic mass is 32.1. The summed E-state index contributed by atoms with van der Waals surface area (Å²) < 4.78 is 15.5. The van der Waals surface area contributed by atoms with Crippen molar-refractivity contribution >= 4 is 17.3 Å². The first-order valence-corrected chi connectivity index (χ1v) is 7.33. The Bertz CT molecular complexity index is 441. The molecule has 0 amide bonds. The molecule has 118 valence electrons. The summed E-state index contributed by atoms with van der Waals surface area (Å²) in [7, 11) is 4.96. The van der Waals surface area contributed by atoms with Crippen molar-refractivity contribution in [2.45, 2.75) is 12.8 Å². The minimum Gasteiger partial charge on any atom is -0.493 e. The molecule has 0 bridgehead atoms. The molecule has 0 spiro atoms. The van der Waals surface area contributed by atoms with Gasteiger partial charge in [-0.05, 0) is 42.8 Å². The van der Waals surface area contributed by atoms with Crippen LogP contribution in [0.1, 0.15) is 12.0 Å². The summed E-state index contributed by atoms with van der Waals surface area (Å²) in [6.07, 6.45) is 1.80. The zero-order valence-electron chi connectivity index (χ0n) is 12.9. The quantitative estimate of drug-likeness (QED) is 0.535. The number of methoxy groups -OCH3 is 3. The van der Waals surface area contributed by atoms with Crippen LogP contribution in [-0.4, -0.2) is 46.1 Å². The van der Waals surface area contributed by atoms with E-state index in [0.29, 0.717) is 5.11 Å². The number of hydrogen-bond acceptors (Lipinski definition) is 4. The molecule has 0 aromatic heterocycles. The average molecular weight is 312 g/mol. The van der Waals surface area contributed by atoms with Gasteiger partial charge < -0.3 is 24.8 Å². The Morgan fingerprint density at radius 1 is 1.05 bits per heavy atom. The summed E-state index contributed by atoms with van der Waals surface area (Å²) in [5.74, 6) is 1.49. The van der Waals surface area contributed by atoms with Crippen LogP contribution in [-0.2, 0) is 11.2 Å². The molecule has 0 heterocycles. The zero-order valence-corrected chi connectivity index (χ0v) is 13.7. The van der Waals surface area contributed by atoms with E-state index in [1.807, 2.05) is 18.2 Å².